The number of aliphatic imine (C=N–C) groups is 1. The van der Waals surface area contributed by atoms with Crippen molar-refractivity contribution >= 4 is 40.2 Å². The molecule has 0 aliphatic rings. The molecule has 3 rings (SSSR count). The lowest BCUT2D eigenvalue weighted by Gasteiger charge is -2.21. The normalized spacial score (nSPS) is 11.8. The zero-order valence-corrected chi connectivity index (χ0v) is 17.0. The summed E-state index contributed by atoms with van der Waals surface area (Å²) in [4.78, 5) is 19.0. The molecule has 0 amide bonds. The van der Waals surface area contributed by atoms with Gasteiger partial charge in [-0.3, -0.25) is 9.69 Å². The topological polar surface area (TPSA) is 32.7 Å². The van der Waals surface area contributed by atoms with Crippen LogP contribution in [0.5, 0.6) is 0 Å². The predicted octanol–water partition coefficient (Wildman–Crippen LogP) is 6.34. The van der Waals surface area contributed by atoms with Gasteiger partial charge in [0.25, 0.3) is 0 Å². The molecule has 3 nitrogen and oxygen atoms in total. The Bertz CT molecular complexity index is 997. The molecule has 4 heteroatoms. The number of amidine groups is 1. The fourth-order valence-corrected chi connectivity index (χ4v) is 3.17. The summed E-state index contributed by atoms with van der Waals surface area (Å²) in [5, 5.41) is 0.776. The van der Waals surface area contributed by atoms with Crippen LogP contribution in [0.2, 0.25) is 0 Å². The minimum absolute atomic E-state index is 0.0880. The van der Waals surface area contributed by atoms with Crippen molar-refractivity contribution in [2.75, 3.05) is 11.2 Å². The van der Waals surface area contributed by atoms with Gasteiger partial charge in [-0.05, 0) is 42.2 Å². The highest BCUT2D eigenvalue weighted by Gasteiger charge is 2.11. The summed E-state index contributed by atoms with van der Waals surface area (Å²) in [5.41, 5.74) is 2.79. The number of carbonyl (C=O) groups excluding carboxylic acids is 1. The highest BCUT2D eigenvalue weighted by molar-refractivity contribution is 8.13. The van der Waals surface area contributed by atoms with E-state index in [4.69, 9.17) is 4.99 Å². The number of nitrogens with zero attached hydrogens (tertiary/aromatic N) is 2. The van der Waals surface area contributed by atoms with E-state index >= 15 is 0 Å². The number of thioether (sulfide) groups is 1. The molecular weight excluding hydrogens is 376 g/mol. The SMILES string of the molecule is CSC(=Nc1ccccc1)N(/C=C/C(=O)/C=C/c1ccccc1)c1ccccc1. The fraction of sp³-hybridized carbons (Fsp3) is 0.0400. The lowest BCUT2D eigenvalue weighted by atomic mass is 10.2. The van der Waals surface area contributed by atoms with Gasteiger partial charge in [-0.1, -0.05) is 84.6 Å². The standard InChI is InChI=1S/C25H22N2OS/c1-29-25(26-22-13-7-3-8-14-22)27(23-15-9-4-10-16-23)20-19-24(28)18-17-21-11-5-2-6-12-21/h2-20H,1H3/b18-17+,20-19+,26-25?. The number of hydrogen-bond acceptors (Lipinski definition) is 3. The van der Waals surface area contributed by atoms with E-state index in [2.05, 4.69) is 0 Å². The van der Waals surface area contributed by atoms with Crippen molar-refractivity contribution in [2.45, 2.75) is 0 Å². The number of para-hydroxylation sites is 2. The third-order valence-corrected chi connectivity index (χ3v) is 4.68. The van der Waals surface area contributed by atoms with E-state index in [0.29, 0.717) is 0 Å². The molecule has 0 bridgehead atoms. The Hall–Kier alpha value is -3.37. The third kappa shape index (κ3) is 6.33. The fourth-order valence-electron chi connectivity index (χ4n) is 2.61. The van der Waals surface area contributed by atoms with Gasteiger partial charge in [0.1, 0.15) is 0 Å². The highest BCUT2D eigenvalue weighted by atomic mass is 32.2. The second kappa shape index (κ2) is 10.8. The van der Waals surface area contributed by atoms with Gasteiger partial charge in [-0.15, -0.1) is 0 Å². The van der Waals surface area contributed by atoms with Crippen LogP contribution in [-0.2, 0) is 4.79 Å². The lowest BCUT2D eigenvalue weighted by molar-refractivity contribution is -0.110. The van der Waals surface area contributed by atoms with Gasteiger partial charge >= 0.3 is 0 Å². The lowest BCUT2D eigenvalue weighted by Crippen LogP contribution is -2.22. The van der Waals surface area contributed by atoms with Gasteiger partial charge in [0, 0.05) is 18.0 Å². The van der Waals surface area contributed by atoms with Crippen LogP contribution < -0.4 is 4.90 Å². The van der Waals surface area contributed by atoms with Crippen LogP contribution in [0, 0.1) is 0 Å². The molecule has 144 valence electrons. The van der Waals surface area contributed by atoms with Crippen LogP contribution in [-0.4, -0.2) is 17.2 Å². The van der Waals surface area contributed by atoms with Crippen molar-refractivity contribution in [3.63, 3.8) is 0 Å². The second-order valence-corrected chi connectivity index (χ2v) is 6.88. The van der Waals surface area contributed by atoms with Crippen LogP contribution in [0.25, 0.3) is 6.08 Å². The summed E-state index contributed by atoms with van der Waals surface area (Å²) in [7, 11) is 0. The molecule has 0 aliphatic carbocycles. The molecule has 3 aromatic rings. The molecule has 3 aromatic carbocycles. The number of allylic oxidation sites excluding steroid dienone is 2. The third-order valence-electron chi connectivity index (χ3n) is 4.03. The Labute approximate surface area is 176 Å². The predicted molar refractivity (Wildman–Crippen MR) is 126 cm³/mol. The Morgan fingerprint density at radius 1 is 0.828 bits per heavy atom. The Morgan fingerprint density at radius 3 is 2.03 bits per heavy atom. The van der Waals surface area contributed by atoms with Crippen molar-refractivity contribution in [3.05, 3.63) is 115 Å². The van der Waals surface area contributed by atoms with Crippen LogP contribution >= 0.6 is 11.8 Å². The largest absolute Gasteiger partial charge is 0.296 e. The van der Waals surface area contributed by atoms with Gasteiger partial charge in [0.15, 0.2) is 11.0 Å². The first-order chi connectivity index (χ1) is 14.3. The van der Waals surface area contributed by atoms with Crippen LogP contribution in [0.1, 0.15) is 5.56 Å². The Balaban J connectivity index is 1.86. The molecule has 0 aliphatic heterocycles. The smallest absolute Gasteiger partial charge is 0.180 e. The summed E-state index contributed by atoms with van der Waals surface area (Å²) < 4.78 is 0. The van der Waals surface area contributed by atoms with Gasteiger partial charge in [-0.25, -0.2) is 4.99 Å². The maximum atomic E-state index is 12.4. The van der Waals surface area contributed by atoms with Gasteiger partial charge < -0.3 is 0 Å². The molecule has 0 fully saturated rings. The van der Waals surface area contributed by atoms with Crippen molar-refractivity contribution in [1.29, 1.82) is 0 Å². The van der Waals surface area contributed by atoms with E-state index < -0.39 is 0 Å². The van der Waals surface area contributed by atoms with E-state index in [1.807, 2.05) is 108 Å². The minimum atomic E-state index is -0.0880. The maximum absolute atomic E-state index is 12.4. The summed E-state index contributed by atoms with van der Waals surface area (Å²) in [6, 6.07) is 29.4. The average molecular weight is 399 g/mol. The molecule has 0 spiro atoms. The quantitative estimate of drug-likeness (QED) is 0.276. The first-order valence-corrected chi connectivity index (χ1v) is 10.5. The molecule has 0 N–H and O–H groups in total. The Kier molecular flexibility index (Phi) is 7.61. The molecule has 0 atom stereocenters. The number of rotatable bonds is 6. The number of carbonyl (C=O) groups is 1. The Morgan fingerprint density at radius 2 is 1.41 bits per heavy atom. The van der Waals surface area contributed by atoms with Crippen molar-refractivity contribution in [1.82, 2.24) is 0 Å². The minimum Gasteiger partial charge on any atom is -0.296 e. The molecule has 0 aromatic heterocycles. The summed E-state index contributed by atoms with van der Waals surface area (Å²) >= 11 is 1.52. The zero-order valence-electron chi connectivity index (χ0n) is 16.2. The van der Waals surface area contributed by atoms with Crippen molar-refractivity contribution < 1.29 is 4.79 Å². The molecular formula is C25H22N2OS. The molecule has 0 saturated carbocycles. The van der Waals surface area contributed by atoms with Gasteiger partial charge in [0.05, 0.1) is 5.69 Å². The second-order valence-electron chi connectivity index (χ2n) is 6.10. The van der Waals surface area contributed by atoms with E-state index in [-0.39, 0.29) is 5.78 Å². The van der Waals surface area contributed by atoms with Crippen molar-refractivity contribution in [3.8, 4) is 0 Å². The number of hydrogen-bond donors (Lipinski definition) is 0. The summed E-state index contributed by atoms with van der Waals surface area (Å²) in [5.74, 6) is -0.0880. The van der Waals surface area contributed by atoms with Crippen LogP contribution in [0.15, 0.2) is 114 Å². The first kappa shape index (κ1) is 20.4. The summed E-state index contributed by atoms with van der Waals surface area (Å²) in [6.45, 7) is 0. The zero-order chi connectivity index (χ0) is 20.3. The molecule has 0 saturated heterocycles. The average Bonchev–Trinajstić information content (AvgIpc) is 2.79. The van der Waals surface area contributed by atoms with Crippen molar-refractivity contribution in [2.24, 2.45) is 4.99 Å². The summed E-state index contributed by atoms with van der Waals surface area (Å²) in [6.07, 6.45) is 8.69. The van der Waals surface area contributed by atoms with Crippen LogP contribution in [0.4, 0.5) is 11.4 Å². The number of benzene rings is 3. The molecule has 0 heterocycles. The van der Waals surface area contributed by atoms with Gasteiger partial charge in [-0.2, -0.15) is 0 Å². The molecule has 0 radical (unpaired) electrons. The monoisotopic (exact) mass is 398 g/mol. The van der Waals surface area contributed by atoms with Crippen LogP contribution in [0.3, 0.4) is 0 Å². The van der Waals surface area contributed by atoms with E-state index in [1.54, 1.807) is 18.4 Å². The van der Waals surface area contributed by atoms with E-state index in [0.717, 1.165) is 22.1 Å². The maximum Gasteiger partial charge on any atom is 0.180 e. The number of ketones is 1. The van der Waals surface area contributed by atoms with E-state index in [9.17, 15) is 4.79 Å². The molecule has 0 unspecified atom stereocenters. The first-order valence-electron chi connectivity index (χ1n) is 9.23. The van der Waals surface area contributed by atoms with E-state index in [1.165, 1.54) is 11.8 Å². The number of anilines is 1. The molecule has 29 heavy (non-hydrogen) atoms. The highest BCUT2D eigenvalue weighted by Crippen LogP contribution is 2.22. The van der Waals surface area contributed by atoms with Gasteiger partial charge in [0.2, 0.25) is 0 Å².